The summed E-state index contributed by atoms with van der Waals surface area (Å²) in [5, 5.41) is 5.27. The average Bonchev–Trinajstić information content (AvgIpc) is 3.18. The Kier molecular flexibility index (Phi) is 10.1. The van der Waals surface area contributed by atoms with Crippen molar-refractivity contribution in [3.05, 3.63) is 45.9 Å². The first-order valence-electron chi connectivity index (χ1n) is 10.8. The van der Waals surface area contributed by atoms with Crippen molar-refractivity contribution in [2.75, 3.05) is 25.0 Å². The summed E-state index contributed by atoms with van der Waals surface area (Å²) in [5.41, 5.74) is 0.981. The number of carbonyl (C=O) groups excluding carboxylic acids is 3. The highest BCUT2D eigenvalue weighted by atomic mass is 35.5. The minimum Gasteiger partial charge on any atom is -0.342 e. The minimum atomic E-state index is -0.357. The molecular formula is C23H31ClN4O3S. The van der Waals surface area contributed by atoms with Crippen LogP contribution in [0.1, 0.15) is 56.6 Å². The van der Waals surface area contributed by atoms with Gasteiger partial charge in [-0.25, -0.2) is 4.98 Å². The standard InChI is InChI=1S/C23H31ClN4O3S/c1-5-11-27(12-6-2)21(30)13-17-15-32-23(25-17)26-20(29)14-28(16(3)4)22(31)18-9-7-8-10-19(18)24/h7-10,15-16H,5-6,11-14H2,1-4H3,(H,25,26,29). The Morgan fingerprint density at radius 1 is 1.12 bits per heavy atom. The fourth-order valence-corrected chi connectivity index (χ4v) is 4.15. The van der Waals surface area contributed by atoms with E-state index in [-0.39, 0.29) is 36.7 Å². The lowest BCUT2D eigenvalue weighted by Gasteiger charge is -2.26. The molecule has 0 aliphatic carbocycles. The molecule has 0 radical (unpaired) electrons. The van der Waals surface area contributed by atoms with Gasteiger partial charge in [-0.15, -0.1) is 11.3 Å². The van der Waals surface area contributed by atoms with Crippen molar-refractivity contribution in [1.82, 2.24) is 14.8 Å². The van der Waals surface area contributed by atoms with Gasteiger partial charge in [-0.1, -0.05) is 37.6 Å². The molecule has 2 aromatic rings. The number of amides is 3. The van der Waals surface area contributed by atoms with Crippen LogP contribution in [0.3, 0.4) is 0 Å². The number of carbonyl (C=O) groups is 3. The van der Waals surface area contributed by atoms with Crippen LogP contribution in [0.2, 0.25) is 5.02 Å². The zero-order chi connectivity index (χ0) is 23.7. The third-order valence-electron chi connectivity index (χ3n) is 4.77. The van der Waals surface area contributed by atoms with Crippen LogP contribution in [0.5, 0.6) is 0 Å². The second-order valence-corrected chi connectivity index (χ2v) is 9.02. The molecule has 9 heteroatoms. The zero-order valence-electron chi connectivity index (χ0n) is 19.1. The minimum absolute atomic E-state index is 0.0354. The highest BCUT2D eigenvalue weighted by Gasteiger charge is 2.24. The van der Waals surface area contributed by atoms with Crippen LogP contribution in [-0.4, -0.2) is 58.2 Å². The number of aromatic nitrogens is 1. The zero-order valence-corrected chi connectivity index (χ0v) is 20.6. The highest BCUT2D eigenvalue weighted by Crippen LogP contribution is 2.20. The van der Waals surface area contributed by atoms with Crippen molar-refractivity contribution < 1.29 is 14.4 Å². The van der Waals surface area contributed by atoms with Gasteiger partial charge in [-0.2, -0.15) is 0 Å². The van der Waals surface area contributed by atoms with Crippen LogP contribution in [-0.2, 0) is 16.0 Å². The second kappa shape index (κ2) is 12.6. The van der Waals surface area contributed by atoms with E-state index in [0.29, 0.717) is 21.4 Å². The van der Waals surface area contributed by atoms with E-state index in [1.165, 1.54) is 16.2 Å². The van der Waals surface area contributed by atoms with Crippen molar-refractivity contribution in [2.45, 2.75) is 53.0 Å². The summed E-state index contributed by atoms with van der Waals surface area (Å²) in [6, 6.07) is 6.58. The van der Waals surface area contributed by atoms with Crippen molar-refractivity contribution in [3.63, 3.8) is 0 Å². The molecule has 0 aliphatic heterocycles. The molecule has 0 bridgehead atoms. The summed E-state index contributed by atoms with van der Waals surface area (Å²) in [6.45, 7) is 9.10. The van der Waals surface area contributed by atoms with E-state index in [0.717, 1.165) is 25.9 Å². The molecule has 1 aromatic carbocycles. The van der Waals surface area contributed by atoms with Gasteiger partial charge in [0.05, 0.1) is 22.7 Å². The van der Waals surface area contributed by atoms with Gasteiger partial charge >= 0.3 is 0 Å². The second-order valence-electron chi connectivity index (χ2n) is 7.76. The topological polar surface area (TPSA) is 82.6 Å². The van der Waals surface area contributed by atoms with Gasteiger partial charge in [0.25, 0.3) is 5.91 Å². The summed E-state index contributed by atoms with van der Waals surface area (Å²) < 4.78 is 0. The molecule has 0 saturated carbocycles. The summed E-state index contributed by atoms with van der Waals surface area (Å²) in [6.07, 6.45) is 2.02. The lowest BCUT2D eigenvalue weighted by Crippen LogP contribution is -2.42. The van der Waals surface area contributed by atoms with Gasteiger partial charge < -0.3 is 15.1 Å². The molecule has 174 valence electrons. The first-order valence-corrected chi connectivity index (χ1v) is 12.1. The van der Waals surface area contributed by atoms with Crippen LogP contribution < -0.4 is 5.32 Å². The Balaban J connectivity index is 2.00. The van der Waals surface area contributed by atoms with Gasteiger partial charge in [-0.3, -0.25) is 14.4 Å². The molecule has 1 N–H and O–H groups in total. The molecule has 1 heterocycles. The molecule has 0 unspecified atom stereocenters. The molecule has 0 saturated heterocycles. The van der Waals surface area contributed by atoms with Crippen LogP contribution in [0.15, 0.2) is 29.6 Å². The van der Waals surface area contributed by atoms with E-state index in [1.54, 1.807) is 29.6 Å². The first kappa shape index (κ1) is 25.8. The maximum atomic E-state index is 12.9. The molecule has 0 aliphatic rings. The fourth-order valence-electron chi connectivity index (χ4n) is 3.21. The Morgan fingerprint density at radius 3 is 2.38 bits per heavy atom. The van der Waals surface area contributed by atoms with Gasteiger partial charge in [0, 0.05) is 24.5 Å². The molecule has 0 atom stereocenters. The number of anilines is 1. The Hall–Kier alpha value is -2.45. The van der Waals surface area contributed by atoms with Crippen LogP contribution in [0.25, 0.3) is 0 Å². The van der Waals surface area contributed by atoms with Gasteiger partial charge in [-0.05, 0) is 38.8 Å². The molecule has 0 spiro atoms. The van der Waals surface area contributed by atoms with Crippen molar-refractivity contribution >= 4 is 45.8 Å². The van der Waals surface area contributed by atoms with E-state index in [9.17, 15) is 14.4 Å². The number of hydrogen-bond donors (Lipinski definition) is 1. The number of rotatable bonds is 11. The van der Waals surface area contributed by atoms with Crippen molar-refractivity contribution in [2.24, 2.45) is 0 Å². The first-order chi connectivity index (χ1) is 15.3. The summed E-state index contributed by atoms with van der Waals surface area (Å²) >= 11 is 7.42. The number of nitrogens with one attached hydrogen (secondary N) is 1. The predicted octanol–water partition coefficient (Wildman–Crippen LogP) is 4.48. The maximum absolute atomic E-state index is 12.9. The van der Waals surface area contributed by atoms with Gasteiger partial charge in [0.1, 0.15) is 6.54 Å². The Bertz CT molecular complexity index is 925. The van der Waals surface area contributed by atoms with Crippen LogP contribution >= 0.6 is 22.9 Å². The third-order valence-corrected chi connectivity index (χ3v) is 5.91. The quantitative estimate of drug-likeness (QED) is 0.516. The van der Waals surface area contributed by atoms with Crippen molar-refractivity contribution in [1.29, 1.82) is 0 Å². The molecule has 1 aromatic heterocycles. The van der Waals surface area contributed by atoms with Crippen LogP contribution in [0.4, 0.5) is 5.13 Å². The monoisotopic (exact) mass is 478 g/mol. The molecular weight excluding hydrogens is 448 g/mol. The fraction of sp³-hybridized carbons (Fsp3) is 0.478. The van der Waals surface area contributed by atoms with Crippen LogP contribution in [0, 0.1) is 0 Å². The van der Waals surface area contributed by atoms with E-state index in [1.807, 2.05) is 32.6 Å². The van der Waals surface area contributed by atoms with Crippen molar-refractivity contribution in [3.8, 4) is 0 Å². The maximum Gasteiger partial charge on any atom is 0.256 e. The molecule has 0 fully saturated rings. The van der Waals surface area contributed by atoms with E-state index >= 15 is 0 Å². The number of benzene rings is 1. The molecule has 2 rings (SSSR count). The predicted molar refractivity (Wildman–Crippen MR) is 129 cm³/mol. The summed E-state index contributed by atoms with van der Waals surface area (Å²) in [7, 11) is 0. The number of halogens is 1. The summed E-state index contributed by atoms with van der Waals surface area (Å²) in [4.78, 5) is 45.7. The average molecular weight is 479 g/mol. The normalized spacial score (nSPS) is 10.8. The van der Waals surface area contributed by atoms with E-state index in [2.05, 4.69) is 10.3 Å². The van der Waals surface area contributed by atoms with Gasteiger partial charge in [0.15, 0.2) is 5.13 Å². The number of hydrogen-bond acceptors (Lipinski definition) is 5. The van der Waals surface area contributed by atoms with Gasteiger partial charge in [0.2, 0.25) is 11.8 Å². The molecule has 32 heavy (non-hydrogen) atoms. The van der Waals surface area contributed by atoms with E-state index in [4.69, 9.17) is 11.6 Å². The number of thiazole rings is 1. The highest BCUT2D eigenvalue weighted by molar-refractivity contribution is 7.13. The third kappa shape index (κ3) is 7.31. The molecule has 7 nitrogen and oxygen atoms in total. The van der Waals surface area contributed by atoms with E-state index < -0.39 is 0 Å². The summed E-state index contributed by atoms with van der Waals surface area (Å²) in [5.74, 6) is -0.628. The molecule has 3 amide bonds. The lowest BCUT2D eigenvalue weighted by molar-refractivity contribution is -0.130. The lowest BCUT2D eigenvalue weighted by atomic mass is 10.1. The Morgan fingerprint density at radius 2 is 1.78 bits per heavy atom. The smallest absolute Gasteiger partial charge is 0.256 e. The largest absolute Gasteiger partial charge is 0.342 e. The number of nitrogens with zero attached hydrogens (tertiary/aromatic N) is 3. The Labute approximate surface area is 198 Å². The SMILES string of the molecule is CCCN(CCC)C(=O)Cc1csc(NC(=O)CN(C(=O)c2ccccc2Cl)C(C)C)n1.